The van der Waals surface area contributed by atoms with E-state index < -0.39 is 0 Å². The smallest absolute Gasteiger partial charge is 0.156 e. The number of halogens is 2. The summed E-state index contributed by atoms with van der Waals surface area (Å²) >= 11 is 12.3. The van der Waals surface area contributed by atoms with E-state index in [1.807, 2.05) is 12.1 Å². The Morgan fingerprint density at radius 2 is 1.82 bits per heavy atom. The Hall–Kier alpha value is -0.440. The fourth-order valence-corrected chi connectivity index (χ4v) is 2.01. The van der Waals surface area contributed by atoms with E-state index in [1.165, 1.54) is 0 Å². The molecule has 0 saturated carbocycles. The number of benzene rings is 1. The molecule has 0 saturated heterocycles. The SMILES string of the molecule is CCNCc1cc(Cl)c(OCC(C)C)c(Cl)c1. The molecule has 0 aliphatic carbocycles. The van der Waals surface area contributed by atoms with Gasteiger partial charge in [-0.25, -0.2) is 0 Å². The first-order valence-electron chi connectivity index (χ1n) is 5.86. The highest BCUT2D eigenvalue weighted by molar-refractivity contribution is 6.37. The van der Waals surface area contributed by atoms with E-state index in [-0.39, 0.29) is 0 Å². The van der Waals surface area contributed by atoms with Gasteiger partial charge in [-0.05, 0) is 30.2 Å². The maximum atomic E-state index is 6.16. The fraction of sp³-hybridized carbons (Fsp3) is 0.538. The molecule has 0 spiro atoms. The van der Waals surface area contributed by atoms with Crippen molar-refractivity contribution in [2.24, 2.45) is 5.92 Å². The van der Waals surface area contributed by atoms with Crippen LogP contribution in [0.15, 0.2) is 12.1 Å². The lowest BCUT2D eigenvalue weighted by Gasteiger charge is -2.13. The van der Waals surface area contributed by atoms with Crippen LogP contribution in [0.4, 0.5) is 0 Å². The summed E-state index contributed by atoms with van der Waals surface area (Å²) in [5.41, 5.74) is 1.07. The van der Waals surface area contributed by atoms with Crippen LogP contribution in [0.25, 0.3) is 0 Å². The number of hydrogen-bond acceptors (Lipinski definition) is 2. The predicted molar refractivity (Wildman–Crippen MR) is 74.2 cm³/mol. The summed E-state index contributed by atoms with van der Waals surface area (Å²) in [5.74, 6) is 1.03. The second-order valence-corrected chi connectivity index (χ2v) is 5.19. The van der Waals surface area contributed by atoms with Gasteiger partial charge >= 0.3 is 0 Å². The average molecular weight is 276 g/mol. The Morgan fingerprint density at radius 3 is 2.29 bits per heavy atom. The Balaban J connectivity index is 2.79. The highest BCUT2D eigenvalue weighted by Crippen LogP contribution is 2.34. The minimum absolute atomic E-state index is 0.448. The largest absolute Gasteiger partial charge is 0.490 e. The first-order chi connectivity index (χ1) is 8.04. The van der Waals surface area contributed by atoms with Crippen molar-refractivity contribution in [1.29, 1.82) is 0 Å². The molecule has 1 aromatic rings. The molecule has 0 bridgehead atoms. The van der Waals surface area contributed by atoms with Gasteiger partial charge in [-0.3, -0.25) is 0 Å². The zero-order chi connectivity index (χ0) is 12.8. The summed E-state index contributed by atoms with van der Waals surface area (Å²) in [6.07, 6.45) is 0. The summed E-state index contributed by atoms with van der Waals surface area (Å²) in [7, 11) is 0. The van der Waals surface area contributed by atoms with Crippen LogP contribution in [-0.2, 0) is 6.54 Å². The van der Waals surface area contributed by atoms with Gasteiger partial charge in [0, 0.05) is 6.54 Å². The van der Waals surface area contributed by atoms with Gasteiger partial charge in [-0.2, -0.15) is 0 Å². The summed E-state index contributed by atoms with van der Waals surface area (Å²) in [6, 6.07) is 3.79. The number of hydrogen-bond donors (Lipinski definition) is 1. The minimum atomic E-state index is 0.448. The van der Waals surface area contributed by atoms with Crippen molar-refractivity contribution < 1.29 is 4.74 Å². The van der Waals surface area contributed by atoms with Crippen molar-refractivity contribution in [3.63, 3.8) is 0 Å². The van der Waals surface area contributed by atoms with E-state index in [4.69, 9.17) is 27.9 Å². The zero-order valence-electron chi connectivity index (χ0n) is 10.5. The Morgan fingerprint density at radius 1 is 1.24 bits per heavy atom. The number of ether oxygens (including phenoxy) is 1. The first-order valence-corrected chi connectivity index (χ1v) is 6.61. The molecule has 0 aromatic heterocycles. The molecule has 1 rings (SSSR count). The van der Waals surface area contributed by atoms with Crippen molar-refractivity contribution >= 4 is 23.2 Å². The van der Waals surface area contributed by atoms with Crippen LogP contribution in [0.1, 0.15) is 26.3 Å². The van der Waals surface area contributed by atoms with Gasteiger partial charge in [0.15, 0.2) is 5.75 Å². The third-order valence-electron chi connectivity index (χ3n) is 2.20. The average Bonchev–Trinajstić information content (AvgIpc) is 2.24. The van der Waals surface area contributed by atoms with Gasteiger partial charge in [-0.15, -0.1) is 0 Å². The van der Waals surface area contributed by atoms with Crippen LogP contribution in [-0.4, -0.2) is 13.2 Å². The van der Waals surface area contributed by atoms with Crippen molar-refractivity contribution in [2.45, 2.75) is 27.3 Å². The van der Waals surface area contributed by atoms with E-state index in [0.717, 1.165) is 18.7 Å². The predicted octanol–water partition coefficient (Wildman–Crippen LogP) is 4.14. The molecule has 0 aliphatic rings. The molecule has 0 amide bonds. The zero-order valence-corrected chi connectivity index (χ0v) is 12.0. The van der Waals surface area contributed by atoms with Crippen LogP contribution in [0.2, 0.25) is 10.0 Å². The molecule has 2 nitrogen and oxygen atoms in total. The maximum Gasteiger partial charge on any atom is 0.156 e. The van der Waals surface area contributed by atoms with Gasteiger partial charge in [-0.1, -0.05) is 44.0 Å². The third kappa shape index (κ3) is 4.74. The summed E-state index contributed by atoms with van der Waals surface area (Å²) < 4.78 is 5.60. The van der Waals surface area contributed by atoms with Crippen LogP contribution in [0.5, 0.6) is 5.75 Å². The summed E-state index contributed by atoms with van der Waals surface area (Å²) in [6.45, 7) is 8.53. The molecule has 17 heavy (non-hydrogen) atoms. The monoisotopic (exact) mass is 275 g/mol. The third-order valence-corrected chi connectivity index (χ3v) is 2.76. The van der Waals surface area contributed by atoms with E-state index >= 15 is 0 Å². The minimum Gasteiger partial charge on any atom is -0.490 e. The fourth-order valence-electron chi connectivity index (χ4n) is 1.37. The van der Waals surface area contributed by atoms with Gasteiger partial charge in [0.1, 0.15) is 0 Å². The van der Waals surface area contributed by atoms with Crippen LogP contribution in [0.3, 0.4) is 0 Å². The number of nitrogens with one attached hydrogen (secondary N) is 1. The van der Waals surface area contributed by atoms with Gasteiger partial charge in [0.2, 0.25) is 0 Å². The van der Waals surface area contributed by atoms with Gasteiger partial charge < -0.3 is 10.1 Å². The second-order valence-electron chi connectivity index (χ2n) is 4.37. The van der Waals surface area contributed by atoms with Crippen molar-refractivity contribution in [2.75, 3.05) is 13.2 Å². The van der Waals surface area contributed by atoms with Gasteiger partial charge in [0.25, 0.3) is 0 Å². The maximum absolute atomic E-state index is 6.16. The van der Waals surface area contributed by atoms with Crippen molar-refractivity contribution in [3.8, 4) is 5.75 Å². The van der Waals surface area contributed by atoms with E-state index in [0.29, 0.717) is 28.3 Å². The molecule has 4 heteroatoms. The van der Waals surface area contributed by atoms with Gasteiger partial charge in [0.05, 0.1) is 16.7 Å². The van der Waals surface area contributed by atoms with E-state index in [9.17, 15) is 0 Å². The molecule has 1 N–H and O–H groups in total. The highest BCUT2D eigenvalue weighted by atomic mass is 35.5. The first kappa shape index (κ1) is 14.6. The Labute approximate surface area is 113 Å². The molecule has 0 fully saturated rings. The van der Waals surface area contributed by atoms with E-state index in [2.05, 4.69) is 26.1 Å². The lowest BCUT2D eigenvalue weighted by atomic mass is 10.2. The summed E-state index contributed by atoms with van der Waals surface area (Å²) in [4.78, 5) is 0. The molecular formula is C13H19Cl2NO. The van der Waals surface area contributed by atoms with E-state index in [1.54, 1.807) is 0 Å². The van der Waals surface area contributed by atoms with Crippen molar-refractivity contribution in [1.82, 2.24) is 5.32 Å². The molecular weight excluding hydrogens is 257 g/mol. The van der Waals surface area contributed by atoms with Crippen LogP contribution >= 0.6 is 23.2 Å². The molecule has 0 aliphatic heterocycles. The lowest BCUT2D eigenvalue weighted by Crippen LogP contribution is -2.12. The molecule has 0 atom stereocenters. The molecule has 1 aromatic carbocycles. The highest BCUT2D eigenvalue weighted by Gasteiger charge is 2.10. The topological polar surface area (TPSA) is 21.3 Å². The lowest BCUT2D eigenvalue weighted by molar-refractivity contribution is 0.271. The quantitative estimate of drug-likeness (QED) is 0.843. The Kier molecular flexibility index (Phi) is 6.10. The summed E-state index contributed by atoms with van der Waals surface area (Å²) in [5, 5.41) is 4.38. The van der Waals surface area contributed by atoms with Crippen molar-refractivity contribution in [3.05, 3.63) is 27.7 Å². The Bertz CT molecular complexity index is 343. The van der Waals surface area contributed by atoms with Crippen LogP contribution in [0, 0.1) is 5.92 Å². The normalized spacial score (nSPS) is 10.9. The number of rotatable bonds is 6. The molecule has 0 heterocycles. The molecule has 0 radical (unpaired) electrons. The molecule has 96 valence electrons. The molecule has 0 unspecified atom stereocenters. The standard InChI is InChI=1S/C13H19Cl2NO/c1-4-16-7-10-5-11(14)13(12(15)6-10)17-8-9(2)3/h5-6,9,16H,4,7-8H2,1-3H3. The second kappa shape index (κ2) is 7.10. The van der Waals surface area contributed by atoms with Crippen LogP contribution < -0.4 is 10.1 Å².